The fourth-order valence-electron chi connectivity index (χ4n) is 2.57. The van der Waals surface area contributed by atoms with Gasteiger partial charge in [0.1, 0.15) is 0 Å². The Morgan fingerprint density at radius 1 is 1.17 bits per heavy atom. The number of carboxylic acid groups (broad SMARTS) is 1. The Bertz CT molecular complexity index is 301. The molecule has 0 spiro atoms. The van der Waals surface area contributed by atoms with Gasteiger partial charge in [0.2, 0.25) is 5.91 Å². The summed E-state index contributed by atoms with van der Waals surface area (Å²) in [7, 11) is 0. The Balaban J connectivity index is 2.42. The van der Waals surface area contributed by atoms with E-state index in [2.05, 4.69) is 19.2 Å². The molecule has 3 atom stereocenters. The third-order valence-corrected chi connectivity index (χ3v) is 3.74. The van der Waals surface area contributed by atoms with Crippen LogP contribution in [0.1, 0.15) is 52.9 Å². The molecule has 0 bridgehead atoms. The second-order valence-corrected chi connectivity index (χ2v) is 5.86. The molecular formula is C14H25NO3. The molecule has 1 aliphatic rings. The maximum absolute atomic E-state index is 12.0. The summed E-state index contributed by atoms with van der Waals surface area (Å²) in [6.07, 6.45) is 4.21. The quantitative estimate of drug-likeness (QED) is 0.766. The van der Waals surface area contributed by atoms with E-state index in [1.54, 1.807) is 0 Å². The Kier molecular flexibility index (Phi) is 5.63. The van der Waals surface area contributed by atoms with Gasteiger partial charge >= 0.3 is 5.97 Å². The lowest BCUT2D eigenvalue weighted by Crippen LogP contribution is -2.40. The lowest BCUT2D eigenvalue weighted by Gasteiger charge is -2.20. The van der Waals surface area contributed by atoms with Gasteiger partial charge in [-0.25, -0.2) is 0 Å². The summed E-state index contributed by atoms with van der Waals surface area (Å²) in [5, 5.41) is 12.0. The second-order valence-electron chi connectivity index (χ2n) is 5.86. The molecule has 1 rings (SSSR count). The van der Waals surface area contributed by atoms with Crippen molar-refractivity contribution in [2.24, 2.45) is 17.8 Å². The average Bonchev–Trinajstić information content (AvgIpc) is 2.75. The van der Waals surface area contributed by atoms with Crippen molar-refractivity contribution in [3.63, 3.8) is 0 Å². The largest absolute Gasteiger partial charge is 0.481 e. The fraction of sp³-hybridized carbons (Fsp3) is 0.857. The molecule has 0 heterocycles. The maximum Gasteiger partial charge on any atom is 0.307 e. The van der Waals surface area contributed by atoms with Gasteiger partial charge in [0.15, 0.2) is 0 Å². The molecule has 0 radical (unpaired) electrons. The predicted molar refractivity (Wildman–Crippen MR) is 70.1 cm³/mol. The molecule has 104 valence electrons. The number of carbonyl (C=O) groups is 2. The summed E-state index contributed by atoms with van der Waals surface area (Å²) in [4.78, 5) is 23.1. The molecule has 1 saturated carbocycles. The Morgan fingerprint density at radius 2 is 1.78 bits per heavy atom. The molecule has 1 aliphatic carbocycles. The maximum atomic E-state index is 12.0. The number of rotatable bonds is 6. The number of hydrogen-bond acceptors (Lipinski definition) is 2. The van der Waals surface area contributed by atoms with Gasteiger partial charge in [-0.15, -0.1) is 0 Å². The molecule has 0 aromatic rings. The molecule has 0 aromatic carbocycles. The lowest BCUT2D eigenvalue weighted by molar-refractivity contribution is -0.146. The second kappa shape index (κ2) is 6.76. The third-order valence-electron chi connectivity index (χ3n) is 3.74. The van der Waals surface area contributed by atoms with Crippen molar-refractivity contribution in [2.45, 2.75) is 58.9 Å². The first-order valence-corrected chi connectivity index (χ1v) is 6.95. The molecule has 2 N–H and O–H groups in total. The Morgan fingerprint density at radius 3 is 2.33 bits per heavy atom. The first kappa shape index (κ1) is 15.0. The number of amides is 1. The number of hydrogen-bond donors (Lipinski definition) is 2. The highest BCUT2D eigenvalue weighted by atomic mass is 16.4. The smallest absolute Gasteiger partial charge is 0.307 e. The van der Waals surface area contributed by atoms with Crippen LogP contribution in [-0.2, 0) is 9.59 Å². The highest BCUT2D eigenvalue weighted by Gasteiger charge is 2.37. The van der Waals surface area contributed by atoms with E-state index in [4.69, 9.17) is 5.11 Å². The van der Waals surface area contributed by atoms with Crippen LogP contribution in [0.5, 0.6) is 0 Å². The van der Waals surface area contributed by atoms with Crippen LogP contribution in [0.4, 0.5) is 0 Å². The van der Waals surface area contributed by atoms with Crippen LogP contribution in [0, 0.1) is 17.8 Å². The molecule has 0 saturated heterocycles. The molecule has 4 heteroatoms. The standard InChI is InChI=1S/C14H25NO3/c1-9(2)7-8-10(3)15-13(16)11-5-4-6-12(11)14(17)18/h9-12H,4-8H2,1-3H3,(H,15,16)(H,17,18)/t10?,11-,12+/m1/s1. The topological polar surface area (TPSA) is 66.4 Å². The van der Waals surface area contributed by atoms with Crippen molar-refractivity contribution in [3.05, 3.63) is 0 Å². The zero-order chi connectivity index (χ0) is 13.7. The van der Waals surface area contributed by atoms with E-state index in [1.807, 2.05) is 6.92 Å². The summed E-state index contributed by atoms with van der Waals surface area (Å²) in [5.74, 6) is -1.09. The van der Waals surface area contributed by atoms with Crippen molar-refractivity contribution < 1.29 is 14.7 Å². The van der Waals surface area contributed by atoms with Gasteiger partial charge in [-0.3, -0.25) is 9.59 Å². The molecule has 0 aliphatic heterocycles. The van der Waals surface area contributed by atoms with Crippen molar-refractivity contribution in [1.82, 2.24) is 5.32 Å². The van der Waals surface area contributed by atoms with Crippen LogP contribution in [0.2, 0.25) is 0 Å². The van der Waals surface area contributed by atoms with Gasteiger partial charge in [-0.1, -0.05) is 20.3 Å². The summed E-state index contributed by atoms with van der Waals surface area (Å²) >= 11 is 0. The first-order chi connectivity index (χ1) is 8.41. The zero-order valence-electron chi connectivity index (χ0n) is 11.6. The van der Waals surface area contributed by atoms with E-state index < -0.39 is 11.9 Å². The molecule has 1 unspecified atom stereocenters. The van der Waals surface area contributed by atoms with Gasteiger partial charge in [0.25, 0.3) is 0 Å². The first-order valence-electron chi connectivity index (χ1n) is 6.95. The normalized spacial score (nSPS) is 25.1. The highest BCUT2D eigenvalue weighted by Crippen LogP contribution is 2.32. The summed E-state index contributed by atoms with van der Waals surface area (Å²) in [6, 6.07) is 0.134. The van der Waals surface area contributed by atoms with E-state index in [-0.39, 0.29) is 17.9 Å². The molecule has 4 nitrogen and oxygen atoms in total. The van der Waals surface area contributed by atoms with Gasteiger partial charge < -0.3 is 10.4 Å². The molecule has 1 fully saturated rings. The number of nitrogens with one attached hydrogen (secondary N) is 1. The van der Waals surface area contributed by atoms with Gasteiger partial charge in [0.05, 0.1) is 11.8 Å². The zero-order valence-corrected chi connectivity index (χ0v) is 11.6. The van der Waals surface area contributed by atoms with Gasteiger partial charge in [0, 0.05) is 6.04 Å². The molecule has 0 aromatic heterocycles. The highest BCUT2D eigenvalue weighted by molar-refractivity contribution is 5.85. The fourth-order valence-corrected chi connectivity index (χ4v) is 2.57. The van der Waals surface area contributed by atoms with E-state index in [0.717, 1.165) is 19.3 Å². The van der Waals surface area contributed by atoms with E-state index >= 15 is 0 Å². The monoisotopic (exact) mass is 255 g/mol. The van der Waals surface area contributed by atoms with E-state index in [9.17, 15) is 9.59 Å². The number of aliphatic carboxylic acids is 1. The summed E-state index contributed by atoms with van der Waals surface area (Å²) in [6.45, 7) is 6.31. The lowest BCUT2D eigenvalue weighted by atomic mass is 9.94. The molecule has 1 amide bonds. The molecule has 18 heavy (non-hydrogen) atoms. The van der Waals surface area contributed by atoms with Crippen molar-refractivity contribution in [1.29, 1.82) is 0 Å². The average molecular weight is 255 g/mol. The predicted octanol–water partition coefficient (Wildman–Crippen LogP) is 2.43. The van der Waals surface area contributed by atoms with Crippen molar-refractivity contribution in [2.75, 3.05) is 0 Å². The third kappa shape index (κ3) is 4.31. The van der Waals surface area contributed by atoms with Gasteiger partial charge in [-0.05, 0) is 38.5 Å². The minimum atomic E-state index is -0.831. The van der Waals surface area contributed by atoms with Crippen molar-refractivity contribution >= 4 is 11.9 Å². The Hall–Kier alpha value is -1.06. The van der Waals surface area contributed by atoms with Gasteiger partial charge in [-0.2, -0.15) is 0 Å². The summed E-state index contributed by atoms with van der Waals surface area (Å²) < 4.78 is 0. The number of carboxylic acids is 1. The van der Waals surface area contributed by atoms with E-state index in [1.165, 1.54) is 0 Å². The minimum Gasteiger partial charge on any atom is -0.481 e. The SMILES string of the molecule is CC(C)CCC(C)NC(=O)[C@@H]1CCC[C@@H]1C(=O)O. The van der Waals surface area contributed by atoms with Crippen LogP contribution in [0.15, 0.2) is 0 Å². The molecular weight excluding hydrogens is 230 g/mol. The summed E-state index contributed by atoms with van der Waals surface area (Å²) in [5.41, 5.74) is 0. The van der Waals surface area contributed by atoms with Crippen LogP contribution in [0.25, 0.3) is 0 Å². The Labute approximate surface area is 109 Å². The van der Waals surface area contributed by atoms with Crippen LogP contribution < -0.4 is 5.32 Å². The van der Waals surface area contributed by atoms with Crippen molar-refractivity contribution in [3.8, 4) is 0 Å². The number of carbonyl (C=O) groups excluding carboxylic acids is 1. The van der Waals surface area contributed by atoms with Crippen LogP contribution in [-0.4, -0.2) is 23.0 Å². The van der Waals surface area contributed by atoms with E-state index in [0.29, 0.717) is 18.8 Å². The van der Waals surface area contributed by atoms with Crippen LogP contribution in [0.3, 0.4) is 0 Å². The minimum absolute atomic E-state index is 0.0730. The van der Waals surface area contributed by atoms with Crippen LogP contribution >= 0.6 is 0 Å².